The minimum atomic E-state index is -0.925. The second-order valence-electron chi connectivity index (χ2n) is 7.16. The van der Waals surface area contributed by atoms with Gasteiger partial charge in [-0.2, -0.15) is 0 Å². The van der Waals surface area contributed by atoms with Crippen LogP contribution in [-0.4, -0.2) is 41.4 Å². The number of piperidine rings is 1. The largest absolute Gasteiger partial charge is 0.488 e. The van der Waals surface area contributed by atoms with Gasteiger partial charge < -0.3 is 19.5 Å². The fourth-order valence-electron chi connectivity index (χ4n) is 3.58. The smallest absolute Gasteiger partial charge is 0.407 e. The molecule has 0 bridgehead atoms. The lowest BCUT2D eigenvalue weighted by molar-refractivity contribution is -0.0714. The van der Waals surface area contributed by atoms with Crippen molar-refractivity contribution in [2.24, 2.45) is 0 Å². The molecule has 1 amide bonds. The van der Waals surface area contributed by atoms with Crippen LogP contribution >= 0.6 is 15.9 Å². The lowest BCUT2D eigenvalue weighted by atomic mass is 10.0. The summed E-state index contributed by atoms with van der Waals surface area (Å²) in [4.78, 5) is 12.8. The number of fused-ring (bicyclic) bond motifs is 1. The van der Waals surface area contributed by atoms with Crippen LogP contribution in [0.1, 0.15) is 12.0 Å². The van der Waals surface area contributed by atoms with Crippen LogP contribution in [0.3, 0.4) is 0 Å². The maximum Gasteiger partial charge on any atom is 0.407 e. The molecule has 1 aliphatic heterocycles. The second kappa shape index (κ2) is 8.84. The number of ether oxygens (including phenoxy) is 2. The number of carbonyl (C=O) groups is 1. The average Bonchev–Trinajstić information content (AvgIpc) is 2.74. The van der Waals surface area contributed by atoms with E-state index in [-0.39, 0.29) is 12.2 Å². The monoisotopic (exact) mass is 455 g/mol. The molecule has 2 unspecified atom stereocenters. The Balaban J connectivity index is 1.47. The Bertz CT molecular complexity index is 992. The third kappa shape index (κ3) is 4.89. The molecule has 1 heterocycles. The quantitative estimate of drug-likeness (QED) is 0.565. The highest BCUT2D eigenvalue weighted by atomic mass is 79.9. The molecule has 1 N–H and O–H groups in total. The number of hydrogen-bond donors (Lipinski definition) is 1. The lowest BCUT2D eigenvalue weighted by Gasteiger charge is -2.37. The van der Waals surface area contributed by atoms with Crippen molar-refractivity contribution in [3.8, 4) is 5.75 Å². The predicted molar refractivity (Wildman–Crippen MR) is 115 cm³/mol. The molecule has 1 saturated heterocycles. The first kappa shape index (κ1) is 19.7. The molecule has 0 saturated carbocycles. The molecule has 3 aromatic rings. The molecule has 3 aromatic carbocycles. The van der Waals surface area contributed by atoms with Gasteiger partial charge in [0.2, 0.25) is 0 Å². The molecular formula is C23H22BrNO4. The molecule has 5 nitrogen and oxygen atoms in total. The van der Waals surface area contributed by atoms with E-state index in [1.54, 1.807) is 0 Å². The van der Waals surface area contributed by atoms with Crippen LogP contribution in [0.25, 0.3) is 10.8 Å². The Kier molecular flexibility index (Phi) is 6.02. The van der Waals surface area contributed by atoms with E-state index in [0.29, 0.717) is 26.1 Å². The highest BCUT2D eigenvalue weighted by Gasteiger charge is 2.33. The summed E-state index contributed by atoms with van der Waals surface area (Å²) >= 11 is 3.42. The number of hydrogen-bond acceptors (Lipinski definition) is 3. The summed E-state index contributed by atoms with van der Waals surface area (Å²) in [5.41, 5.74) is 1.05. The van der Waals surface area contributed by atoms with Crippen molar-refractivity contribution >= 4 is 32.8 Å². The maximum absolute atomic E-state index is 11.4. The molecule has 4 rings (SSSR count). The summed E-state index contributed by atoms with van der Waals surface area (Å²) in [5, 5.41) is 11.7. The van der Waals surface area contributed by atoms with E-state index in [1.165, 1.54) is 10.3 Å². The van der Waals surface area contributed by atoms with Crippen LogP contribution in [0.2, 0.25) is 0 Å². The van der Waals surface area contributed by atoms with Gasteiger partial charge in [-0.25, -0.2) is 4.79 Å². The van der Waals surface area contributed by atoms with Gasteiger partial charge in [0, 0.05) is 17.4 Å². The van der Waals surface area contributed by atoms with E-state index in [0.717, 1.165) is 21.2 Å². The van der Waals surface area contributed by atoms with Gasteiger partial charge >= 0.3 is 6.09 Å². The lowest BCUT2D eigenvalue weighted by Crippen LogP contribution is -2.51. The first-order valence-electron chi connectivity index (χ1n) is 9.58. The van der Waals surface area contributed by atoms with Gasteiger partial charge in [0.15, 0.2) is 0 Å². The average molecular weight is 456 g/mol. The molecule has 0 aromatic heterocycles. The number of carboxylic acid groups (broad SMARTS) is 1. The Morgan fingerprint density at radius 3 is 2.55 bits per heavy atom. The van der Waals surface area contributed by atoms with Crippen molar-refractivity contribution < 1.29 is 19.4 Å². The second-order valence-corrected chi connectivity index (χ2v) is 8.07. The Morgan fingerprint density at radius 2 is 1.79 bits per heavy atom. The van der Waals surface area contributed by atoms with E-state index in [9.17, 15) is 9.90 Å². The Hall–Kier alpha value is -2.57. The molecule has 0 spiro atoms. The molecule has 150 valence electrons. The summed E-state index contributed by atoms with van der Waals surface area (Å²) in [5.74, 6) is 0.751. The summed E-state index contributed by atoms with van der Waals surface area (Å²) in [6, 6.07) is 22.1. The SMILES string of the molecule is O=C(O)N1CCC(Oc2ccc(Br)cc2)C(OCc2ccc3ccccc3c2)C1. The van der Waals surface area contributed by atoms with Gasteiger partial charge in [-0.1, -0.05) is 52.3 Å². The summed E-state index contributed by atoms with van der Waals surface area (Å²) in [7, 11) is 0. The topological polar surface area (TPSA) is 59.0 Å². The Labute approximate surface area is 178 Å². The normalized spacial score (nSPS) is 19.3. The molecule has 0 radical (unpaired) electrons. The van der Waals surface area contributed by atoms with Crippen LogP contribution < -0.4 is 4.74 Å². The van der Waals surface area contributed by atoms with E-state index >= 15 is 0 Å². The van der Waals surface area contributed by atoms with Crippen molar-refractivity contribution in [3.05, 3.63) is 76.8 Å². The number of likely N-dealkylation sites (tertiary alicyclic amines) is 1. The van der Waals surface area contributed by atoms with Gasteiger partial charge in [-0.05, 0) is 46.7 Å². The van der Waals surface area contributed by atoms with Crippen molar-refractivity contribution in [2.45, 2.75) is 25.2 Å². The van der Waals surface area contributed by atoms with Crippen molar-refractivity contribution in [1.29, 1.82) is 0 Å². The molecule has 29 heavy (non-hydrogen) atoms. The molecule has 6 heteroatoms. The number of rotatable bonds is 5. The first-order valence-corrected chi connectivity index (χ1v) is 10.4. The minimum Gasteiger partial charge on any atom is -0.488 e. The third-order valence-corrected chi connectivity index (χ3v) is 5.68. The fourth-order valence-corrected chi connectivity index (χ4v) is 3.85. The van der Waals surface area contributed by atoms with Crippen LogP contribution in [0, 0.1) is 0 Å². The number of nitrogens with zero attached hydrogens (tertiary/aromatic N) is 1. The number of amides is 1. The first-order chi connectivity index (χ1) is 14.1. The summed E-state index contributed by atoms with van der Waals surface area (Å²) < 4.78 is 13.3. The van der Waals surface area contributed by atoms with Crippen molar-refractivity contribution in [2.75, 3.05) is 13.1 Å². The van der Waals surface area contributed by atoms with Gasteiger partial charge in [0.25, 0.3) is 0 Å². The van der Waals surface area contributed by atoms with Crippen molar-refractivity contribution in [1.82, 2.24) is 4.90 Å². The predicted octanol–water partition coefficient (Wildman–Crippen LogP) is 5.32. The zero-order valence-electron chi connectivity index (χ0n) is 15.8. The van der Waals surface area contributed by atoms with E-state index in [1.807, 2.05) is 42.5 Å². The van der Waals surface area contributed by atoms with Crippen LogP contribution in [0.4, 0.5) is 4.79 Å². The highest BCUT2D eigenvalue weighted by molar-refractivity contribution is 9.10. The molecule has 1 aliphatic rings. The zero-order valence-corrected chi connectivity index (χ0v) is 17.4. The van der Waals surface area contributed by atoms with Crippen molar-refractivity contribution in [3.63, 3.8) is 0 Å². The third-order valence-electron chi connectivity index (χ3n) is 5.15. The Morgan fingerprint density at radius 1 is 1.03 bits per heavy atom. The molecule has 2 atom stereocenters. The molecular weight excluding hydrogens is 434 g/mol. The molecule has 0 aliphatic carbocycles. The zero-order chi connectivity index (χ0) is 20.2. The van der Waals surface area contributed by atoms with Gasteiger partial charge in [-0.15, -0.1) is 0 Å². The standard InChI is InChI=1S/C23H22BrNO4/c24-19-7-9-20(10-8-19)29-21-11-12-25(23(26)27)14-22(21)28-15-16-5-6-17-3-1-2-4-18(17)13-16/h1-10,13,21-22H,11-12,14-15H2,(H,26,27). The minimum absolute atomic E-state index is 0.202. The van der Waals surface area contributed by atoms with Crippen LogP contribution in [0.5, 0.6) is 5.75 Å². The summed E-state index contributed by atoms with van der Waals surface area (Å²) in [6.45, 7) is 1.14. The van der Waals surface area contributed by atoms with Gasteiger partial charge in [0.05, 0.1) is 13.2 Å². The maximum atomic E-state index is 11.4. The number of benzene rings is 3. The van der Waals surface area contributed by atoms with Crippen LogP contribution in [-0.2, 0) is 11.3 Å². The van der Waals surface area contributed by atoms with E-state index in [4.69, 9.17) is 9.47 Å². The van der Waals surface area contributed by atoms with E-state index in [2.05, 4.69) is 40.2 Å². The fraction of sp³-hybridized carbons (Fsp3) is 0.261. The number of halogens is 1. The van der Waals surface area contributed by atoms with E-state index < -0.39 is 6.09 Å². The van der Waals surface area contributed by atoms with Gasteiger partial charge in [0.1, 0.15) is 18.0 Å². The van der Waals surface area contributed by atoms with Crippen LogP contribution in [0.15, 0.2) is 71.2 Å². The molecule has 1 fully saturated rings. The summed E-state index contributed by atoms with van der Waals surface area (Å²) in [6.07, 6.45) is -0.876. The highest BCUT2D eigenvalue weighted by Crippen LogP contribution is 2.24. The van der Waals surface area contributed by atoms with Gasteiger partial charge in [-0.3, -0.25) is 0 Å².